The third kappa shape index (κ3) is 4.13. The van der Waals surface area contributed by atoms with E-state index in [-0.39, 0.29) is 17.4 Å². The molecule has 3 N–H and O–H groups in total. The maximum atomic E-state index is 11.7. The van der Waals surface area contributed by atoms with Crippen molar-refractivity contribution in [2.75, 3.05) is 6.54 Å². The summed E-state index contributed by atoms with van der Waals surface area (Å²) in [5.41, 5.74) is 5.73. The number of amides is 1. The fraction of sp³-hybridized carbons (Fsp3) is 0.615. The van der Waals surface area contributed by atoms with Crippen LogP contribution < -0.4 is 11.1 Å². The maximum absolute atomic E-state index is 11.7. The first kappa shape index (κ1) is 14.2. The summed E-state index contributed by atoms with van der Waals surface area (Å²) in [5.74, 6) is -0.0449. The van der Waals surface area contributed by atoms with E-state index in [9.17, 15) is 4.79 Å². The molecule has 1 atom stereocenters. The fourth-order valence-corrected chi connectivity index (χ4v) is 2.48. The third-order valence-corrected chi connectivity index (χ3v) is 4.07. The van der Waals surface area contributed by atoms with E-state index >= 15 is 0 Å². The Morgan fingerprint density at radius 3 is 2.82 bits per heavy atom. The van der Waals surface area contributed by atoms with Gasteiger partial charge in [0.15, 0.2) is 0 Å². The van der Waals surface area contributed by atoms with Gasteiger partial charge in [-0.2, -0.15) is 0 Å². The Labute approximate surface area is 107 Å². The summed E-state index contributed by atoms with van der Waals surface area (Å²) in [4.78, 5) is 13.0. The molecule has 0 aromatic carbocycles. The molecule has 0 spiro atoms. The van der Waals surface area contributed by atoms with Gasteiger partial charge in [-0.25, -0.2) is 0 Å². The quantitative estimate of drug-likeness (QED) is 0.818. The Morgan fingerprint density at radius 2 is 2.29 bits per heavy atom. The number of nitrogens with two attached hydrogens (primary N) is 1. The lowest BCUT2D eigenvalue weighted by Gasteiger charge is -2.24. The Balaban J connectivity index is 2.47. The summed E-state index contributed by atoms with van der Waals surface area (Å²) in [6, 6.07) is 3.76. The minimum Gasteiger partial charge on any atom is -0.354 e. The van der Waals surface area contributed by atoms with Gasteiger partial charge < -0.3 is 11.1 Å². The number of carbonyl (C=O) groups excluding carboxylic acids is 1. The van der Waals surface area contributed by atoms with E-state index < -0.39 is 0 Å². The second kappa shape index (κ2) is 6.17. The highest BCUT2D eigenvalue weighted by Gasteiger charge is 2.23. The predicted molar refractivity (Wildman–Crippen MR) is 73.2 cm³/mol. The van der Waals surface area contributed by atoms with Crippen molar-refractivity contribution in [3.63, 3.8) is 0 Å². The van der Waals surface area contributed by atoms with Crippen LogP contribution in [0.15, 0.2) is 17.5 Å². The van der Waals surface area contributed by atoms with Crippen molar-refractivity contribution >= 4 is 17.2 Å². The van der Waals surface area contributed by atoms with Gasteiger partial charge in [0.05, 0.1) is 6.04 Å². The molecule has 0 aliphatic heterocycles. The van der Waals surface area contributed by atoms with Crippen molar-refractivity contribution in [3.05, 3.63) is 22.4 Å². The van der Waals surface area contributed by atoms with Crippen molar-refractivity contribution in [1.29, 1.82) is 0 Å². The van der Waals surface area contributed by atoms with Gasteiger partial charge in [0.25, 0.3) is 0 Å². The molecule has 4 heteroatoms. The van der Waals surface area contributed by atoms with E-state index in [1.165, 1.54) is 4.88 Å². The number of nitrogens with one attached hydrogen (secondary N) is 1. The first-order valence-electron chi connectivity index (χ1n) is 6.04. The van der Waals surface area contributed by atoms with E-state index in [1.54, 1.807) is 11.3 Å². The lowest BCUT2D eigenvalue weighted by molar-refractivity contribution is -0.122. The second-order valence-corrected chi connectivity index (χ2v) is 5.92. The zero-order valence-electron chi connectivity index (χ0n) is 10.8. The van der Waals surface area contributed by atoms with Gasteiger partial charge in [0.2, 0.25) is 5.91 Å². The van der Waals surface area contributed by atoms with Gasteiger partial charge in [-0.15, -0.1) is 11.3 Å². The molecule has 0 saturated carbocycles. The molecule has 1 aromatic heterocycles. The maximum Gasteiger partial charge on any atom is 0.236 e. The van der Waals surface area contributed by atoms with Gasteiger partial charge >= 0.3 is 0 Å². The van der Waals surface area contributed by atoms with Crippen LogP contribution in [-0.4, -0.2) is 18.5 Å². The Hall–Kier alpha value is -0.870. The number of hydrogen-bond acceptors (Lipinski definition) is 3. The fourth-order valence-electron chi connectivity index (χ4n) is 1.63. The SMILES string of the molecule is CCC[C@H](N)C(=O)NCC(C)(C)c1cccs1. The molecular formula is C13H22N2OS. The molecular weight excluding hydrogens is 232 g/mol. The Bertz CT molecular complexity index is 346. The highest BCUT2D eigenvalue weighted by Crippen LogP contribution is 2.26. The zero-order chi connectivity index (χ0) is 12.9. The zero-order valence-corrected chi connectivity index (χ0v) is 11.6. The first-order valence-corrected chi connectivity index (χ1v) is 6.92. The van der Waals surface area contributed by atoms with Gasteiger partial charge in [-0.05, 0) is 17.9 Å². The smallest absolute Gasteiger partial charge is 0.236 e. The summed E-state index contributed by atoms with van der Waals surface area (Å²) in [6.45, 7) is 6.92. The van der Waals surface area contributed by atoms with E-state index in [0.717, 1.165) is 12.8 Å². The van der Waals surface area contributed by atoms with Gasteiger partial charge in [-0.3, -0.25) is 4.79 Å². The van der Waals surface area contributed by atoms with E-state index in [1.807, 2.05) is 13.0 Å². The van der Waals surface area contributed by atoms with Crippen molar-refractivity contribution < 1.29 is 4.79 Å². The summed E-state index contributed by atoms with van der Waals surface area (Å²) < 4.78 is 0. The lowest BCUT2D eigenvalue weighted by atomic mass is 9.91. The van der Waals surface area contributed by atoms with Crippen LogP contribution >= 0.6 is 11.3 Å². The second-order valence-electron chi connectivity index (χ2n) is 4.97. The lowest BCUT2D eigenvalue weighted by Crippen LogP contribution is -2.44. The van der Waals surface area contributed by atoms with Crippen molar-refractivity contribution in [2.45, 2.75) is 45.1 Å². The molecule has 1 aromatic rings. The van der Waals surface area contributed by atoms with E-state index in [2.05, 4.69) is 30.6 Å². The number of rotatable bonds is 6. The van der Waals surface area contributed by atoms with Gasteiger partial charge in [0.1, 0.15) is 0 Å². The van der Waals surface area contributed by atoms with Crippen LogP contribution in [0.25, 0.3) is 0 Å². The molecule has 1 amide bonds. The molecule has 17 heavy (non-hydrogen) atoms. The molecule has 0 unspecified atom stereocenters. The van der Waals surface area contributed by atoms with E-state index in [4.69, 9.17) is 5.73 Å². The molecule has 1 rings (SSSR count). The van der Waals surface area contributed by atoms with Crippen LogP contribution in [0.2, 0.25) is 0 Å². The minimum absolute atomic E-state index is 0.0320. The van der Waals surface area contributed by atoms with Crippen LogP contribution in [0.5, 0.6) is 0 Å². The van der Waals surface area contributed by atoms with E-state index in [0.29, 0.717) is 6.54 Å². The third-order valence-electron chi connectivity index (χ3n) is 2.83. The first-order chi connectivity index (χ1) is 7.97. The van der Waals surface area contributed by atoms with Gasteiger partial charge in [0, 0.05) is 16.8 Å². The Morgan fingerprint density at radius 1 is 1.59 bits per heavy atom. The molecule has 0 saturated heterocycles. The normalized spacial score (nSPS) is 13.4. The molecule has 0 bridgehead atoms. The van der Waals surface area contributed by atoms with Crippen LogP contribution in [0.3, 0.4) is 0 Å². The van der Waals surface area contributed by atoms with Crippen molar-refractivity contribution in [1.82, 2.24) is 5.32 Å². The molecule has 1 heterocycles. The number of hydrogen-bond donors (Lipinski definition) is 2. The highest BCUT2D eigenvalue weighted by atomic mass is 32.1. The summed E-state index contributed by atoms with van der Waals surface area (Å²) in [5, 5.41) is 5.00. The summed E-state index contributed by atoms with van der Waals surface area (Å²) in [7, 11) is 0. The number of carbonyl (C=O) groups is 1. The number of thiophene rings is 1. The molecule has 0 radical (unpaired) electrons. The average molecular weight is 254 g/mol. The van der Waals surface area contributed by atoms with Crippen molar-refractivity contribution in [3.8, 4) is 0 Å². The minimum atomic E-state index is -0.376. The van der Waals surface area contributed by atoms with Crippen LogP contribution in [0, 0.1) is 0 Å². The van der Waals surface area contributed by atoms with Crippen LogP contribution in [0.4, 0.5) is 0 Å². The molecule has 3 nitrogen and oxygen atoms in total. The summed E-state index contributed by atoms with van der Waals surface area (Å²) in [6.07, 6.45) is 1.67. The topological polar surface area (TPSA) is 55.1 Å². The molecule has 0 aliphatic rings. The molecule has 96 valence electrons. The predicted octanol–water partition coefficient (Wildman–Crippen LogP) is 2.27. The molecule has 0 aliphatic carbocycles. The molecule has 0 fully saturated rings. The van der Waals surface area contributed by atoms with Crippen molar-refractivity contribution in [2.24, 2.45) is 5.73 Å². The van der Waals surface area contributed by atoms with Gasteiger partial charge in [-0.1, -0.05) is 33.3 Å². The average Bonchev–Trinajstić information content (AvgIpc) is 2.80. The standard InChI is InChI=1S/C13H22N2OS/c1-4-6-10(14)12(16)15-9-13(2,3)11-7-5-8-17-11/h5,7-8,10H,4,6,9,14H2,1-3H3,(H,15,16)/t10-/m0/s1. The van der Waals surface area contributed by atoms with Crippen LogP contribution in [0.1, 0.15) is 38.5 Å². The largest absolute Gasteiger partial charge is 0.354 e. The monoisotopic (exact) mass is 254 g/mol. The van der Waals surface area contributed by atoms with Crippen LogP contribution in [-0.2, 0) is 10.2 Å². The summed E-state index contributed by atoms with van der Waals surface area (Å²) >= 11 is 1.72. The highest BCUT2D eigenvalue weighted by molar-refractivity contribution is 7.10. The Kier molecular flexibility index (Phi) is 5.15.